The maximum Gasteiger partial charge on any atom is 0.230 e. The number of hydrogen-bond acceptors (Lipinski definition) is 4. The number of carbonyl (C=O) groups is 1. The number of rotatable bonds is 8. The second-order valence-electron chi connectivity index (χ2n) is 5.10. The van der Waals surface area contributed by atoms with Crippen LogP contribution in [0.4, 0.5) is 0 Å². The Bertz CT molecular complexity index is 418. The molecule has 0 heterocycles. The number of nitrogens with one attached hydrogen (secondary N) is 1. The summed E-state index contributed by atoms with van der Waals surface area (Å²) in [5, 5.41) is 11.8. The summed E-state index contributed by atoms with van der Waals surface area (Å²) in [7, 11) is 0. The van der Waals surface area contributed by atoms with E-state index in [-0.39, 0.29) is 18.1 Å². The largest absolute Gasteiger partial charge is 0.494 e. The fraction of sp³-hybridized carbons (Fsp3) is 0.533. The number of aliphatic hydroxyl groups excluding tert-OH is 1. The molecule has 0 spiro atoms. The van der Waals surface area contributed by atoms with Gasteiger partial charge in [-0.2, -0.15) is 0 Å². The number of benzene rings is 1. The number of ether oxygens (including phenoxy) is 1. The second-order valence-corrected chi connectivity index (χ2v) is 6.15. The maximum absolute atomic E-state index is 11.8. The van der Waals surface area contributed by atoms with Crippen molar-refractivity contribution in [2.24, 2.45) is 0 Å². The van der Waals surface area contributed by atoms with Crippen LogP contribution in [0.25, 0.3) is 0 Å². The van der Waals surface area contributed by atoms with Crippen molar-refractivity contribution in [2.75, 3.05) is 19.0 Å². The minimum absolute atomic E-state index is 0.0256. The van der Waals surface area contributed by atoms with E-state index in [1.807, 2.05) is 45.0 Å². The fourth-order valence-electron chi connectivity index (χ4n) is 1.70. The zero-order valence-electron chi connectivity index (χ0n) is 12.3. The summed E-state index contributed by atoms with van der Waals surface area (Å²) >= 11 is 1.48. The van der Waals surface area contributed by atoms with Crippen LogP contribution in [0.1, 0.15) is 27.2 Å². The average Bonchev–Trinajstić information content (AvgIpc) is 2.37. The Hall–Kier alpha value is -1.20. The Morgan fingerprint density at radius 3 is 2.55 bits per heavy atom. The maximum atomic E-state index is 11.8. The van der Waals surface area contributed by atoms with Gasteiger partial charge in [0.1, 0.15) is 5.75 Å². The van der Waals surface area contributed by atoms with Crippen LogP contribution in [0.3, 0.4) is 0 Å². The smallest absolute Gasteiger partial charge is 0.230 e. The summed E-state index contributed by atoms with van der Waals surface area (Å²) in [5.41, 5.74) is -0.370. The number of aliphatic hydroxyl groups is 1. The Morgan fingerprint density at radius 2 is 2.00 bits per heavy atom. The molecule has 0 fully saturated rings. The molecule has 5 heteroatoms. The summed E-state index contributed by atoms with van der Waals surface area (Å²) < 4.78 is 5.37. The van der Waals surface area contributed by atoms with Crippen LogP contribution in [0.5, 0.6) is 5.75 Å². The Balaban J connectivity index is 2.40. The standard InChI is InChI=1S/C15H23NO3S/c1-4-19-12-5-7-13(8-6-12)20-11-14(18)16-15(2,3)9-10-17/h5-8,17H,4,9-11H2,1-3H3,(H,16,18). The van der Waals surface area contributed by atoms with Crippen LogP contribution in [0.15, 0.2) is 29.2 Å². The first-order valence-corrected chi connectivity index (χ1v) is 7.73. The van der Waals surface area contributed by atoms with Gasteiger partial charge >= 0.3 is 0 Å². The lowest BCUT2D eigenvalue weighted by Crippen LogP contribution is -2.44. The van der Waals surface area contributed by atoms with Crippen LogP contribution in [0, 0.1) is 0 Å². The van der Waals surface area contributed by atoms with Gasteiger partial charge in [0, 0.05) is 17.0 Å². The molecule has 0 aliphatic rings. The molecule has 20 heavy (non-hydrogen) atoms. The highest BCUT2D eigenvalue weighted by atomic mass is 32.2. The quantitative estimate of drug-likeness (QED) is 0.724. The molecule has 1 amide bonds. The van der Waals surface area contributed by atoms with Gasteiger partial charge in [-0.15, -0.1) is 11.8 Å². The molecule has 0 unspecified atom stereocenters. The van der Waals surface area contributed by atoms with E-state index in [0.717, 1.165) is 10.6 Å². The molecule has 0 radical (unpaired) electrons. The molecule has 1 aromatic rings. The van der Waals surface area contributed by atoms with Gasteiger partial charge in [0.25, 0.3) is 0 Å². The van der Waals surface area contributed by atoms with Crippen LogP contribution in [-0.4, -0.2) is 35.5 Å². The molecule has 112 valence electrons. The molecule has 0 atom stereocenters. The Morgan fingerprint density at radius 1 is 1.35 bits per heavy atom. The van der Waals surface area contributed by atoms with Crippen LogP contribution in [-0.2, 0) is 4.79 Å². The Labute approximate surface area is 124 Å². The molecule has 0 bridgehead atoms. The fourth-order valence-corrected chi connectivity index (χ4v) is 2.40. The first-order valence-electron chi connectivity index (χ1n) is 6.74. The van der Waals surface area contributed by atoms with Crippen LogP contribution < -0.4 is 10.1 Å². The molecular formula is C15H23NO3S. The molecule has 1 rings (SSSR count). The van der Waals surface area contributed by atoms with Crippen molar-refractivity contribution < 1.29 is 14.6 Å². The molecular weight excluding hydrogens is 274 g/mol. The van der Waals surface area contributed by atoms with E-state index in [9.17, 15) is 4.79 Å². The van der Waals surface area contributed by atoms with Crippen molar-refractivity contribution in [2.45, 2.75) is 37.6 Å². The SMILES string of the molecule is CCOc1ccc(SCC(=O)NC(C)(C)CCO)cc1. The summed E-state index contributed by atoms with van der Waals surface area (Å²) in [6.45, 7) is 6.47. The first kappa shape index (κ1) is 16.9. The van der Waals surface area contributed by atoms with E-state index in [1.165, 1.54) is 11.8 Å². The van der Waals surface area contributed by atoms with Crippen LogP contribution in [0.2, 0.25) is 0 Å². The molecule has 0 saturated heterocycles. The number of amides is 1. The van der Waals surface area contributed by atoms with E-state index in [0.29, 0.717) is 18.8 Å². The third-order valence-electron chi connectivity index (χ3n) is 2.72. The predicted molar refractivity (Wildman–Crippen MR) is 82.3 cm³/mol. The number of carbonyl (C=O) groups excluding carboxylic acids is 1. The number of thioether (sulfide) groups is 1. The van der Waals surface area contributed by atoms with Gasteiger partial charge in [-0.25, -0.2) is 0 Å². The van der Waals surface area contributed by atoms with Gasteiger partial charge in [-0.05, 0) is 51.5 Å². The minimum atomic E-state index is -0.370. The minimum Gasteiger partial charge on any atom is -0.494 e. The lowest BCUT2D eigenvalue weighted by atomic mass is 10.0. The average molecular weight is 297 g/mol. The molecule has 1 aromatic carbocycles. The van der Waals surface area contributed by atoms with Gasteiger partial charge in [0.15, 0.2) is 0 Å². The van der Waals surface area contributed by atoms with Crippen molar-refractivity contribution in [3.8, 4) is 5.75 Å². The molecule has 2 N–H and O–H groups in total. The van der Waals surface area contributed by atoms with E-state index in [2.05, 4.69) is 5.32 Å². The predicted octanol–water partition coefficient (Wildman–Crippen LogP) is 2.45. The lowest BCUT2D eigenvalue weighted by Gasteiger charge is -2.25. The lowest BCUT2D eigenvalue weighted by molar-refractivity contribution is -0.120. The molecule has 0 saturated carbocycles. The van der Waals surface area contributed by atoms with Crippen molar-refractivity contribution in [3.05, 3.63) is 24.3 Å². The number of hydrogen-bond donors (Lipinski definition) is 2. The highest BCUT2D eigenvalue weighted by molar-refractivity contribution is 8.00. The third kappa shape index (κ3) is 6.30. The Kier molecular flexibility index (Phi) is 6.88. The van der Waals surface area contributed by atoms with E-state index in [1.54, 1.807) is 0 Å². The second kappa shape index (κ2) is 8.17. The summed E-state index contributed by atoms with van der Waals surface area (Å²) in [6, 6.07) is 7.70. The van der Waals surface area contributed by atoms with Crippen molar-refractivity contribution in [3.63, 3.8) is 0 Å². The van der Waals surface area contributed by atoms with E-state index >= 15 is 0 Å². The van der Waals surface area contributed by atoms with Gasteiger partial charge < -0.3 is 15.2 Å². The molecule has 0 aliphatic carbocycles. The third-order valence-corrected chi connectivity index (χ3v) is 3.73. The highest BCUT2D eigenvalue weighted by Crippen LogP contribution is 2.21. The summed E-state index contributed by atoms with van der Waals surface area (Å²) in [5.74, 6) is 1.18. The van der Waals surface area contributed by atoms with Gasteiger partial charge in [-0.3, -0.25) is 4.79 Å². The van der Waals surface area contributed by atoms with E-state index in [4.69, 9.17) is 9.84 Å². The topological polar surface area (TPSA) is 58.6 Å². The zero-order valence-corrected chi connectivity index (χ0v) is 13.1. The highest BCUT2D eigenvalue weighted by Gasteiger charge is 2.19. The molecule has 0 aliphatic heterocycles. The zero-order chi connectivity index (χ0) is 15.0. The molecule has 0 aromatic heterocycles. The van der Waals surface area contributed by atoms with Gasteiger partial charge in [0.05, 0.1) is 12.4 Å². The first-order chi connectivity index (χ1) is 9.46. The van der Waals surface area contributed by atoms with Crippen molar-refractivity contribution in [1.29, 1.82) is 0 Å². The van der Waals surface area contributed by atoms with Gasteiger partial charge in [-0.1, -0.05) is 0 Å². The van der Waals surface area contributed by atoms with E-state index < -0.39 is 0 Å². The van der Waals surface area contributed by atoms with Gasteiger partial charge in [0.2, 0.25) is 5.91 Å². The summed E-state index contributed by atoms with van der Waals surface area (Å²) in [6.07, 6.45) is 0.548. The van der Waals surface area contributed by atoms with Crippen molar-refractivity contribution in [1.82, 2.24) is 5.32 Å². The monoisotopic (exact) mass is 297 g/mol. The molecule has 4 nitrogen and oxygen atoms in total. The van der Waals surface area contributed by atoms with Crippen LogP contribution >= 0.6 is 11.8 Å². The van der Waals surface area contributed by atoms with Crippen molar-refractivity contribution >= 4 is 17.7 Å². The summed E-state index contributed by atoms with van der Waals surface area (Å²) in [4.78, 5) is 12.9. The normalized spacial score (nSPS) is 11.2.